The van der Waals surface area contributed by atoms with E-state index >= 15 is 0 Å². The van der Waals surface area contributed by atoms with Crippen molar-refractivity contribution < 1.29 is 14.7 Å². The summed E-state index contributed by atoms with van der Waals surface area (Å²) in [5.41, 5.74) is 2.62. The van der Waals surface area contributed by atoms with Crippen LogP contribution in [0.2, 0.25) is 0 Å². The Kier molecular flexibility index (Phi) is 6.77. The van der Waals surface area contributed by atoms with Crippen LogP contribution in [-0.4, -0.2) is 17.0 Å². The molecule has 1 amide bonds. The first-order valence-corrected chi connectivity index (χ1v) is 4.26. The number of amides is 1. The Balaban J connectivity index is 0.000000325. The second kappa shape index (κ2) is 7.96. The van der Waals surface area contributed by atoms with E-state index in [0.29, 0.717) is 5.56 Å². The third-order valence-corrected chi connectivity index (χ3v) is 1.40. The van der Waals surface area contributed by atoms with Crippen LogP contribution < -0.4 is 11.3 Å². The SMILES string of the molecule is N#CCC(=O)O.NNC(=O)c1ccccc1. The lowest BCUT2D eigenvalue weighted by Crippen LogP contribution is -2.29. The molecule has 0 saturated heterocycles. The zero-order valence-electron chi connectivity index (χ0n) is 8.38. The highest BCUT2D eigenvalue weighted by Crippen LogP contribution is 1.95. The number of carbonyl (C=O) groups is 2. The molecule has 0 aliphatic carbocycles. The molecule has 0 fully saturated rings. The molecule has 0 aromatic heterocycles. The summed E-state index contributed by atoms with van der Waals surface area (Å²) in [5, 5.41) is 15.3. The summed E-state index contributed by atoms with van der Waals surface area (Å²) in [5.74, 6) is 3.57. The van der Waals surface area contributed by atoms with Crippen LogP contribution in [0.1, 0.15) is 16.8 Å². The van der Waals surface area contributed by atoms with E-state index in [2.05, 4.69) is 0 Å². The zero-order chi connectivity index (χ0) is 12.4. The number of aliphatic carboxylic acids is 1. The molecule has 0 unspecified atom stereocenters. The summed E-state index contributed by atoms with van der Waals surface area (Å²) in [4.78, 5) is 20.2. The number of nitrogens with two attached hydrogens (primary N) is 1. The van der Waals surface area contributed by atoms with Crippen molar-refractivity contribution in [2.24, 2.45) is 5.84 Å². The number of hydrogen-bond donors (Lipinski definition) is 3. The van der Waals surface area contributed by atoms with Gasteiger partial charge in [0.2, 0.25) is 0 Å². The first-order chi connectivity index (χ1) is 7.61. The Morgan fingerprint density at radius 3 is 2.25 bits per heavy atom. The number of hydrogen-bond acceptors (Lipinski definition) is 4. The van der Waals surface area contributed by atoms with Crippen LogP contribution in [0.4, 0.5) is 0 Å². The van der Waals surface area contributed by atoms with E-state index in [-0.39, 0.29) is 5.91 Å². The van der Waals surface area contributed by atoms with Crippen LogP contribution in [0.3, 0.4) is 0 Å². The molecule has 16 heavy (non-hydrogen) atoms. The minimum absolute atomic E-state index is 0.263. The van der Waals surface area contributed by atoms with Gasteiger partial charge >= 0.3 is 5.97 Å². The highest BCUT2D eigenvalue weighted by Gasteiger charge is 1.98. The monoisotopic (exact) mass is 221 g/mol. The number of carbonyl (C=O) groups excluding carboxylic acids is 1. The van der Waals surface area contributed by atoms with Crippen LogP contribution in [-0.2, 0) is 4.79 Å². The fourth-order valence-corrected chi connectivity index (χ4v) is 0.740. The van der Waals surface area contributed by atoms with Crippen LogP contribution in [0.25, 0.3) is 0 Å². The van der Waals surface area contributed by atoms with Gasteiger partial charge in [-0.2, -0.15) is 5.26 Å². The third-order valence-electron chi connectivity index (χ3n) is 1.40. The van der Waals surface area contributed by atoms with Gasteiger partial charge in [0, 0.05) is 5.56 Å². The molecule has 0 aliphatic rings. The molecule has 1 aromatic carbocycles. The van der Waals surface area contributed by atoms with Gasteiger partial charge in [0.1, 0.15) is 6.42 Å². The maximum absolute atomic E-state index is 10.8. The minimum atomic E-state index is -1.07. The van der Waals surface area contributed by atoms with Gasteiger partial charge in [-0.1, -0.05) is 18.2 Å². The van der Waals surface area contributed by atoms with Gasteiger partial charge in [-0.25, -0.2) is 5.84 Å². The molecule has 0 saturated carbocycles. The van der Waals surface area contributed by atoms with Gasteiger partial charge in [-0.15, -0.1) is 0 Å². The predicted octanol–water partition coefficient (Wildman–Crippen LogP) is 0.275. The molecule has 6 heteroatoms. The van der Waals surface area contributed by atoms with E-state index in [4.69, 9.17) is 16.2 Å². The molecule has 0 heterocycles. The number of nitrogens with zero attached hydrogens (tertiary/aromatic N) is 1. The molecule has 6 nitrogen and oxygen atoms in total. The normalized spacial score (nSPS) is 8.00. The van der Waals surface area contributed by atoms with Crippen LogP contribution >= 0.6 is 0 Å². The van der Waals surface area contributed by atoms with E-state index in [1.165, 1.54) is 6.07 Å². The van der Waals surface area contributed by atoms with Gasteiger partial charge < -0.3 is 5.11 Å². The maximum atomic E-state index is 10.8. The molecule has 4 N–H and O–H groups in total. The van der Waals surface area contributed by atoms with Gasteiger partial charge in [0.05, 0.1) is 6.07 Å². The van der Waals surface area contributed by atoms with Crippen molar-refractivity contribution >= 4 is 11.9 Å². The quantitative estimate of drug-likeness (QED) is 0.376. The molecule has 0 aliphatic heterocycles. The van der Waals surface area contributed by atoms with Crippen molar-refractivity contribution in [3.8, 4) is 6.07 Å². The summed E-state index contributed by atoms with van der Waals surface area (Å²) in [6, 6.07) is 10.3. The van der Waals surface area contributed by atoms with Crippen molar-refractivity contribution in [1.82, 2.24) is 5.43 Å². The summed E-state index contributed by atoms with van der Waals surface area (Å²) in [6.07, 6.45) is -0.403. The van der Waals surface area contributed by atoms with Crippen molar-refractivity contribution in [3.05, 3.63) is 35.9 Å². The van der Waals surface area contributed by atoms with Gasteiger partial charge in [-0.05, 0) is 12.1 Å². The Bertz CT molecular complexity index is 384. The Labute approximate surface area is 92.3 Å². The molecule has 0 radical (unpaired) electrons. The van der Waals surface area contributed by atoms with Crippen LogP contribution in [0, 0.1) is 11.3 Å². The number of carboxylic acid groups (broad SMARTS) is 1. The van der Waals surface area contributed by atoms with Gasteiger partial charge in [0.15, 0.2) is 0 Å². The van der Waals surface area contributed by atoms with E-state index in [0.717, 1.165) is 0 Å². The summed E-state index contributed by atoms with van der Waals surface area (Å²) in [6.45, 7) is 0. The third kappa shape index (κ3) is 6.12. The summed E-state index contributed by atoms with van der Waals surface area (Å²) in [7, 11) is 0. The first kappa shape index (κ1) is 13.6. The summed E-state index contributed by atoms with van der Waals surface area (Å²) >= 11 is 0. The number of carboxylic acids is 1. The standard InChI is InChI=1S/C7H8N2O.C3H3NO2/c8-9-7(10)6-4-2-1-3-5-6;4-2-1-3(5)6/h1-5H,8H2,(H,9,10);1H2,(H,5,6). The van der Waals surface area contributed by atoms with Crippen LogP contribution in [0.15, 0.2) is 30.3 Å². The number of nitrogens with one attached hydrogen (secondary N) is 1. The number of nitriles is 1. The van der Waals surface area contributed by atoms with Crippen molar-refractivity contribution in [3.63, 3.8) is 0 Å². The molecule has 0 atom stereocenters. The van der Waals surface area contributed by atoms with Crippen LogP contribution in [0.5, 0.6) is 0 Å². The van der Waals surface area contributed by atoms with E-state index in [9.17, 15) is 9.59 Å². The number of hydrazine groups is 1. The lowest BCUT2D eigenvalue weighted by Gasteiger charge is -1.95. The summed E-state index contributed by atoms with van der Waals surface area (Å²) < 4.78 is 0. The average molecular weight is 221 g/mol. The molecule has 1 aromatic rings. The largest absolute Gasteiger partial charge is 0.480 e. The topological polar surface area (TPSA) is 116 Å². The highest BCUT2D eigenvalue weighted by molar-refractivity contribution is 5.93. The zero-order valence-corrected chi connectivity index (χ0v) is 8.38. The van der Waals surface area contributed by atoms with Gasteiger partial charge in [-0.3, -0.25) is 15.0 Å². The first-order valence-electron chi connectivity index (χ1n) is 4.26. The van der Waals surface area contributed by atoms with E-state index in [1.807, 2.05) is 11.5 Å². The second-order valence-corrected chi connectivity index (χ2v) is 2.57. The average Bonchev–Trinajstić information content (AvgIpc) is 2.30. The number of nitrogen functional groups attached to an aromatic ring is 1. The lowest BCUT2D eigenvalue weighted by molar-refractivity contribution is -0.135. The molecule has 84 valence electrons. The maximum Gasteiger partial charge on any atom is 0.317 e. The lowest BCUT2D eigenvalue weighted by atomic mass is 10.2. The molecule has 0 spiro atoms. The molecular weight excluding hydrogens is 210 g/mol. The van der Waals surface area contributed by atoms with E-state index in [1.54, 1.807) is 24.3 Å². The second-order valence-electron chi connectivity index (χ2n) is 2.57. The van der Waals surface area contributed by atoms with Crippen molar-refractivity contribution in [2.45, 2.75) is 6.42 Å². The van der Waals surface area contributed by atoms with Crippen molar-refractivity contribution in [2.75, 3.05) is 0 Å². The molecular formula is C10H11N3O3. The Morgan fingerprint density at radius 2 is 1.94 bits per heavy atom. The smallest absolute Gasteiger partial charge is 0.317 e. The Morgan fingerprint density at radius 1 is 1.38 bits per heavy atom. The number of rotatable bonds is 2. The number of benzene rings is 1. The van der Waals surface area contributed by atoms with Gasteiger partial charge in [0.25, 0.3) is 5.91 Å². The highest BCUT2D eigenvalue weighted by atomic mass is 16.4. The predicted molar refractivity (Wildman–Crippen MR) is 56.0 cm³/mol. The molecule has 0 bridgehead atoms. The fraction of sp³-hybridized carbons (Fsp3) is 0.100. The van der Waals surface area contributed by atoms with E-state index < -0.39 is 12.4 Å². The fourth-order valence-electron chi connectivity index (χ4n) is 0.740. The van der Waals surface area contributed by atoms with Crippen molar-refractivity contribution in [1.29, 1.82) is 5.26 Å². The Hall–Kier alpha value is -2.39. The molecule has 1 rings (SSSR count). The minimum Gasteiger partial charge on any atom is -0.480 e.